The van der Waals surface area contributed by atoms with E-state index in [-0.39, 0.29) is 14.7 Å². The van der Waals surface area contributed by atoms with Gasteiger partial charge in [0.25, 0.3) is 5.56 Å². The van der Waals surface area contributed by atoms with Crippen molar-refractivity contribution in [3.05, 3.63) is 30.6 Å². The van der Waals surface area contributed by atoms with E-state index in [2.05, 4.69) is 0 Å². The zero-order chi connectivity index (χ0) is 26.0. The molecular formula is C20H25IN2O11. The number of carbonyl (C=O) groups excluding carboxylic acids is 4. The Bertz CT molecular complexity index is 1100. The van der Waals surface area contributed by atoms with Crippen molar-refractivity contribution in [3.8, 4) is 0 Å². The number of halogens is 1. The molecule has 0 saturated carbocycles. The van der Waals surface area contributed by atoms with Crippen molar-refractivity contribution < 1.29 is 42.9 Å². The number of ether oxygens (including phenoxy) is 5. The molecule has 2 heterocycles. The molecule has 0 aliphatic carbocycles. The van der Waals surface area contributed by atoms with Gasteiger partial charge in [0.05, 0.1) is 3.57 Å². The second-order valence-electron chi connectivity index (χ2n) is 8.30. The lowest BCUT2D eigenvalue weighted by Crippen LogP contribution is -2.49. The minimum Gasteiger partial charge on any atom is -0.463 e. The van der Waals surface area contributed by atoms with Crippen molar-refractivity contribution in [2.75, 3.05) is 6.61 Å². The molecule has 0 aromatic carbocycles. The van der Waals surface area contributed by atoms with Crippen LogP contribution in [0.5, 0.6) is 0 Å². The molecule has 0 bridgehead atoms. The van der Waals surface area contributed by atoms with Gasteiger partial charge in [-0.05, 0) is 43.4 Å². The van der Waals surface area contributed by atoms with Crippen LogP contribution in [-0.2, 0) is 38.1 Å². The Morgan fingerprint density at radius 3 is 2.06 bits per heavy atom. The lowest BCUT2D eigenvalue weighted by atomic mass is 10.1. The van der Waals surface area contributed by atoms with Gasteiger partial charge in [0.2, 0.25) is 0 Å². The van der Waals surface area contributed by atoms with E-state index in [0.29, 0.717) is 0 Å². The molecule has 1 aliphatic heterocycles. The molecule has 34 heavy (non-hydrogen) atoms. The van der Waals surface area contributed by atoms with Gasteiger partial charge < -0.3 is 23.7 Å². The molecule has 0 N–H and O–H groups in total. The third-order valence-corrected chi connectivity index (χ3v) is 5.00. The zero-order valence-electron chi connectivity index (χ0n) is 19.4. The molecule has 188 valence electrons. The van der Waals surface area contributed by atoms with Crippen LogP contribution >= 0.6 is 22.6 Å². The Labute approximate surface area is 207 Å². The highest BCUT2D eigenvalue weighted by Gasteiger charge is 2.51. The Balaban J connectivity index is 2.63. The first-order valence-corrected chi connectivity index (χ1v) is 11.1. The van der Waals surface area contributed by atoms with Crippen LogP contribution in [0.2, 0.25) is 0 Å². The number of nitrogens with zero attached hydrogens (tertiary/aromatic N) is 2. The van der Waals surface area contributed by atoms with Gasteiger partial charge in [-0.3, -0.25) is 23.7 Å². The minimum atomic E-state index is -1.44. The fourth-order valence-electron chi connectivity index (χ4n) is 3.11. The summed E-state index contributed by atoms with van der Waals surface area (Å²) in [5, 5.41) is 0. The van der Waals surface area contributed by atoms with Crippen LogP contribution in [0.15, 0.2) is 15.8 Å². The summed E-state index contributed by atoms with van der Waals surface area (Å²) in [6, 6.07) is 0. The minimum absolute atomic E-state index is 0.0549. The predicted molar refractivity (Wildman–Crippen MR) is 121 cm³/mol. The summed E-state index contributed by atoms with van der Waals surface area (Å²) in [5.41, 5.74) is -3.07. The molecule has 1 fully saturated rings. The summed E-state index contributed by atoms with van der Waals surface area (Å²) in [6.07, 6.45) is -5.33. The topological polar surface area (TPSA) is 158 Å². The summed E-state index contributed by atoms with van der Waals surface area (Å²) < 4.78 is 27.5. The van der Waals surface area contributed by atoms with Crippen LogP contribution in [-0.4, -0.2) is 63.7 Å². The Hall–Kier alpha value is -2.75. The van der Waals surface area contributed by atoms with Crippen LogP contribution in [0.4, 0.5) is 4.79 Å². The van der Waals surface area contributed by atoms with Crippen molar-refractivity contribution in [2.24, 2.45) is 0 Å². The van der Waals surface area contributed by atoms with Crippen LogP contribution in [0, 0.1) is 3.57 Å². The predicted octanol–water partition coefficient (Wildman–Crippen LogP) is 0.722. The number of carbonyl (C=O) groups is 4. The van der Waals surface area contributed by atoms with Gasteiger partial charge >= 0.3 is 29.7 Å². The van der Waals surface area contributed by atoms with E-state index in [9.17, 15) is 28.8 Å². The second-order valence-corrected chi connectivity index (χ2v) is 9.47. The van der Waals surface area contributed by atoms with E-state index in [1.165, 1.54) is 0 Å². The van der Waals surface area contributed by atoms with E-state index in [4.69, 9.17) is 23.7 Å². The van der Waals surface area contributed by atoms with E-state index in [1.54, 1.807) is 43.4 Å². The third-order valence-electron chi connectivity index (χ3n) is 4.26. The van der Waals surface area contributed by atoms with Gasteiger partial charge in [-0.25, -0.2) is 9.59 Å². The standard InChI is InChI=1S/C20H25IN2O11/c1-9(24)30-8-13-14(31-10(2)25)15(32-11(3)26)17(33-13)22-7-12(21)16(27)23(18(22)28)19(29)34-20(4,5)6/h7,13-15,17H,8H2,1-6H3/t13-,14-,15+,17-/m1/s1. The molecular weight excluding hydrogens is 571 g/mol. The molecule has 0 spiro atoms. The first-order chi connectivity index (χ1) is 15.6. The van der Waals surface area contributed by atoms with Crippen molar-refractivity contribution in [3.63, 3.8) is 0 Å². The summed E-state index contributed by atoms with van der Waals surface area (Å²) in [5.74, 6) is -2.19. The van der Waals surface area contributed by atoms with Crippen LogP contribution < -0.4 is 11.2 Å². The average molecular weight is 596 g/mol. The zero-order valence-corrected chi connectivity index (χ0v) is 21.5. The summed E-state index contributed by atoms with van der Waals surface area (Å²) in [7, 11) is 0. The van der Waals surface area contributed by atoms with Gasteiger partial charge in [-0.15, -0.1) is 0 Å². The molecule has 14 heteroatoms. The van der Waals surface area contributed by atoms with Crippen LogP contribution in [0.3, 0.4) is 0 Å². The van der Waals surface area contributed by atoms with E-state index < -0.39 is 65.4 Å². The van der Waals surface area contributed by atoms with Crippen molar-refractivity contribution in [2.45, 2.75) is 71.7 Å². The van der Waals surface area contributed by atoms with E-state index >= 15 is 0 Å². The van der Waals surface area contributed by atoms with Crippen molar-refractivity contribution in [1.82, 2.24) is 9.13 Å². The SMILES string of the molecule is CC(=O)OC[C@H]1O[C@@H](n2cc(I)c(=O)n(C(=O)OC(C)(C)C)c2=O)[C@@H](OC(C)=O)[C@@H]1OC(C)=O. The molecule has 13 nitrogen and oxygen atoms in total. The molecule has 1 saturated heterocycles. The highest BCUT2D eigenvalue weighted by molar-refractivity contribution is 14.1. The second kappa shape index (κ2) is 10.7. The summed E-state index contributed by atoms with van der Waals surface area (Å²) in [6.45, 7) is 7.64. The smallest absolute Gasteiger partial charge is 0.425 e. The number of hydrogen-bond donors (Lipinski definition) is 0. The van der Waals surface area contributed by atoms with Gasteiger partial charge in [0, 0.05) is 27.0 Å². The lowest BCUT2D eigenvalue weighted by molar-refractivity contribution is -0.166. The maximum absolute atomic E-state index is 13.2. The molecule has 0 amide bonds. The molecule has 4 atom stereocenters. The van der Waals surface area contributed by atoms with Gasteiger partial charge in [-0.1, -0.05) is 0 Å². The Kier molecular flexibility index (Phi) is 8.63. The van der Waals surface area contributed by atoms with Gasteiger partial charge in [0.1, 0.15) is 18.3 Å². The monoisotopic (exact) mass is 596 g/mol. The average Bonchev–Trinajstić information content (AvgIpc) is 2.97. The molecule has 1 aromatic rings. The fraction of sp³-hybridized carbons (Fsp3) is 0.600. The number of aromatic nitrogens is 2. The molecule has 0 unspecified atom stereocenters. The maximum atomic E-state index is 13.2. The Morgan fingerprint density at radius 2 is 1.56 bits per heavy atom. The van der Waals surface area contributed by atoms with Gasteiger partial charge in [-0.2, -0.15) is 4.57 Å². The quantitative estimate of drug-likeness (QED) is 0.268. The van der Waals surface area contributed by atoms with E-state index in [0.717, 1.165) is 31.5 Å². The van der Waals surface area contributed by atoms with Crippen molar-refractivity contribution >= 4 is 46.6 Å². The van der Waals surface area contributed by atoms with Gasteiger partial charge in [0.15, 0.2) is 18.4 Å². The molecule has 2 rings (SSSR count). The largest absolute Gasteiger partial charge is 0.463 e. The number of rotatable bonds is 5. The molecule has 0 radical (unpaired) electrons. The normalized spacial score (nSPS) is 22.1. The van der Waals surface area contributed by atoms with E-state index in [1.807, 2.05) is 0 Å². The Morgan fingerprint density at radius 1 is 1.00 bits per heavy atom. The molecule has 1 aromatic heterocycles. The highest BCUT2D eigenvalue weighted by Crippen LogP contribution is 2.33. The highest BCUT2D eigenvalue weighted by atomic mass is 127. The van der Waals surface area contributed by atoms with Crippen LogP contribution in [0.1, 0.15) is 47.8 Å². The molecule has 1 aliphatic rings. The van der Waals surface area contributed by atoms with Crippen LogP contribution in [0.25, 0.3) is 0 Å². The number of hydrogen-bond acceptors (Lipinski definition) is 11. The first kappa shape index (κ1) is 27.5. The summed E-state index contributed by atoms with van der Waals surface area (Å²) in [4.78, 5) is 73.2. The summed E-state index contributed by atoms with van der Waals surface area (Å²) >= 11 is 1.62. The lowest BCUT2D eigenvalue weighted by Gasteiger charge is -2.24. The fourth-order valence-corrected chi connectivity index (χ4v) is 3.65. The van der Waals surface area contributed by atoms with Crippen molar-refractivity contribution in [1.29, 1.82) is 0 Å². The third kappa shape index (κ3) is 6.65. The number of esters is 3. The first-order valence-electron chi connectivity index (χ1n) is 10.0. The maximum Gasteiger partial charge on any atom is 0.425 e.